The van der Waals surface area contributed by atoms with Crippen LogP contribution in [-0.2, 0) is 23.6 Å². The van der Waals surface area contributed by atoms with Gasteiger partial charge in [0.1, 0.15) is 6.54 Å². The topological polar surface area (TPSA) is 117 Å². The summed E-state index contributed by atoms with van der Waals surface area (Å²) < 4.78 is 6.32. The lowest BCUT2D eigenvalue weighted by molar-refractivity contribution is -0.386. The number of anilines is 1. The Balaban J connectivity index is 3.48. The minimum Gasteiger partial charge on any atom is -0.465 e. The maximum Gasteiger partial charge on any atom is 0.374 e. The van der Waals surface area contributed by atoms with Gasteiger partial charge in [-0.25, -0.2) is 4.79 Å². The summed E-state index contributed by atoms with van der Waals surface area (Å²) in [7, 11) is 3.79. The third-order valence-electron chi connectivity index (χ3n) is 2.83. The molecule has 0 aliphatic carbocycles. The molecule has 0 unspecified atom stereocenters. The highest BCUT2D eigenvalue weighted by Gasteiger charge is 2.29. The fraction of sp³-hybridized carbons (Fsp3) is 0.545. The van der Waals surface area contributed by atoms with Gasteiger partial charge in [-0.2, -0.15) is 0 Å². The smallest absolute Gasteiger partial charge is 0.374 e. The molecule has 0 atom stereocenters. The fourth-order valence-electron chi connectivity index (χ4n) is 1.89. The van der Waals surface area contributed by atoms with Gasteiger partial charge < -0.3 is 9.64 Å². The quantitative estimate of drug-likeness (QED) is 0.388. The Labute approximate surface area is 119 Å². The predicted octanol–water partition coefficient (Wildman–Crippen LogP) is -1.01. The molecule has 0 saturated heterocycles. The van der Waals surface area contributed by atoms with Gasteiger partial charge in [0.05, 0.1) is 11.5 Å². The van der Waals surface area contributed by atoms with E-state index in [-0.39, 0.29) is 19.0 Å². The van der Waals surface area contributed by atoms with Gasteiger partial charge in [-0.1, -0.05) is 0 Å². The van der Waals surface area contributed by atoms with Gasteiger partial charge in [0.15, 0.2) is 5.82 Å². The third-order valence-corrected chi connectivity index (χ3v) is 2.83. The van der Waals surface area contributed by atoms with Gasteiger partial charge in [0, 0.05) is 21.1 Å². The molecular formula is C11H16N4O6. The standard InChI is InChI=1S/C11H16N4O6/c1-5-21-7(16)6-12(2)9-8(15(19)20)10(17)14(4)11(18)13(9)3/h5-6H2,1-4H3. The van der Waals surface area contributed by atoms with Crippen LogP contribution in [0.25, 0.3) is 0 Å². The van der Waals surface area contributed by atoms with E-state index in [0.29, 0.717) is 4.57 Å². The molecule has 0 aliphatic rings. The summed E-state index contributed by atoms with van der Waals surface area (Å²) >= 11 is 0. The van der Waals surface area contributed by atoms with E-state index >= 15 is 0 Å². The minimum atomic E-state index is -1.03. The Morgan fingerprint density at radius 1 is 1.33 bits per heavy atom. The van der Waals surface area contributed by atoms with Crippen LogP contribution in [0, 0.1) is 10.1 Å². The molecule has 0 radical (unpaired) electrons. The molecule has 0 N–H and O–H groups in total. The lowest BCUT2D eigenvalue weighted by Crippen LogP contribution is -2.42. The van der Waals surface area contributed by atoms with Crippen molar-refractivity contribution in [2.45, 2.75) is 6.92 Å². The molecule has 21 heavy (non-hydrogen) atoms. The van der Waals surface area contributed by atoms with Crippen molar-refractivity contribution in [1.29, 1.82) is 0 Å². The summed E-state index contributed by atoms with van der Waals surface area (Å²) in [5.74, 6) is -0.872. The van der Waals surface area contributed by atoms with Crippen molar-refractivity contribution in [1.82, 2.24) is 9.13 Å². The van der Waals surface area contributed by atoms with Crippen molar-refractivity contribution >= 4 is 17.5 Å². The van der Waals surface area contributed by atoms with E-state index in [1.54, 1.807) is 6.92 Å². The van der Waals surface area contributed by atoms with Crippen LogP contribution in [-0.4, -0.2) is 40.2 Å². The van der Waals surface area contributed by atoms with Crippen molar-refractivity contribution in [2.75, 3.05) is 25.1 Å². The first-order chi connectivity index (χ1) is 9.72. The second-order valence-corrected chi connectivity index (χ2v) is 4.30. The summed E-state index contributed by atoms with van der Waals surface area (Å²) in [4.78, 5) is 46.6. The maximum absolute atomic E-state index is 11.9. The number of nitro groups is 1. The molecule has 10 heteroatoms. The highest BCUT2D eigenvalue weighted by molar-refractivity contribution is 5.76. The molecule has 0 amide bonds. The molecule has 0 bridgehead atoms. The Kier molecular flexibility index (Phi) is 4.84. The minimum absolute atomic E-state index is 0.157. The number of likely N-dealkylation sites (N-methyl/N-ethyl adjacent to an activating group) is 1. The number of carbonyl (C=O) groups excluding carboxylic acids is 1. The molecule has 1 heterocycles. The highest BCUT2D eigenvalue weighted by atomic mass is 16.6. The molecular weight excluding hydrogens is 284 g/mol. The summed E-state index contributed by atoms with van der Waals surface area (Å²) in [6.07, 6.45) is 0. The van der Waals surface area contributed by atoms with E-state index in [9.17, 15) is 24.5 Å². The fourth-order valence-corrected chi connectivity index (χ4v) is 1.89. The number of nitrogens with zero attached hydrogens (tertiary/aromatic N) is 4. The summed E-state index contributed by atoms with van der Waals surface area (Å²) in [6, 6.07) is 0. The zero-order valence-electron chi connectivity index (χ0n) is 12.2. The molecule has 10 nitrogen and oxygen atoms in total. The first-order valence-electron chi connectivity index (χ1n) is 6.03. The molecule has 0 fully saturated rings. The van der Waals surface area contributed by atoms with Crippen LogP contribution in [0.4, 0.5) is 11.5 Å². The highest BCUT2D eigenvalue weighted by Crippen LogP contribution is 2.20. The SMILES string of the molecule is CCOC(=O)CN(C)c1c([N+](=O)[O-])c(=O)n(C)c(=O)n1C. The van der Waals surface area contributed by atoms with E-state index in [1.165, 1.54) is 14.1 Å². The second kappa shape index (κ2) is 6.20. The maximum atomic E-state index is 11.9. The molecule has 0 spiro atoms. The lowest BCUT2D eigenvalue weighted by Gasteiger charge is -2.20. The Morgan fingerprint density at radius 3 is 2.38 bits per heavy atom. The van der Waals surface area contributed by atoms with Gasteiger partial charge in [0.25, 0.3) is 0 Å². The molecule has 0 aliphatic heterocycles. The zero-order chi connectivity index (χ0) is 16.3. The van der Waals surface area contributed by atoms with Crippen molar-refractivity contribution in [3.05, 3.63) is 31.0 Å². The number of ether oxygens (including phenoxy) is 1. The van der Waals surface area contributed by atoms with Crippen LogP contribution >= 0.6 is 0 Å². The van der Waals surface area contributed by atoms with Crippen molar-refractivity contribution < 1.29 is 14.5 Å². The van der Waals surface area contributed by atoms with Crippen molar-refractivity contribution in [2.24, 2.45) is 14.1 Å². The van der Waals surface area contributed by atoms with Crippen LogP contribution in [0.2, 0.25) is 0 Å². The molecule has 116 valence electrons. The first-order valence-corrected chi connectivity index (χ1v) is 6.03. The molecule has 0 aromatic carbocycles. The second-order valence-electron chi connectivity index (χ2n) is 4.30. The van der Waals surface area contributed by atoms with Crippen LogP contribution in [0.3, 0.4) is 0 Å². The summed E-state index contributed by atoms with van der Waals surface area (Å²) in [5, 5.41) is 11.1. The van der Waals surface area contributed by atoms with Crippen LogP contribution in [0.15, 0.2) is 9.59 Å². The largest absolute Gasteiger partial charge is 0.465 e. The van der Waals surface area contributed by atoms with Gasteiger partial charge >= 0.3 is 22.9 Å². The van der Waals surface area contributed by atoms with E-state index in [1.807, 2.05) is 0 Å². The molecule has 1 aromatic heterocycles. The number of hydrogen-bond acceptors (Lipinski definition) is 7. The van der Waals surface area contributed by atoms with Gasteiger partial charge in [-0.05, 0) is 6.92 Å². The van der Waals surface area contributed by atoms with Gasteiger partial charge in [-0.3, -0.25) is 28.8 Å². The Hall–Kier alpha value is -2.65. The third kappa shape index (κ3) is 3.09. The molecule has 1 rings (SSSR count). The number of hydrogen-bond donors (Lipinski definition) is 0. The average molecular weight is 300 g/mol. The average Bonchev–Trinajstić information content (AvgIpc) is 2.39. The number of esters is 1. The van der Waals surface area contributed by atoms with E-state index in [4.69, 9.17) is 4.74 Å². The van der Waals surface area contributed by atoms with Gasteiger partial charge in [-0.15, -0.1) is 0 Å². The zero-order valence-corrected chi connectivity index (χ0v) is 12.2. The van der Waals surface area contributed by atoms with E-state index in [2.05, 4.69) is 0 Å². The number of aromatic nitrogens is 2. The predicted molar refractivity (Wildman–Crippen MR) is 73.5 cm³/mol. The summed E-state index contributed by atoms with van der Waals surface area (Å²) in [6.45, 7) is 1.45. The number of carbonyl (C=O) groups is 1. The van der Waals surface area contributed by atoms with Crippen molar-refractivity contribution in [3.8, 4) is 0 Å². The van der Waals surface area contributed by atoms with Gasteiger partial charge in [0.2, 0.25) is 0 Å². The van der Waals surface area contributed by atoms with E-state index in [0.717, 1.165) is 16.5 Å². The van der Waals surface area contributed by atoms with E-state index < -0.39 is 27.8 Å². The number of rotatable bonds is 5. The first kappa shape index (κ1) is 16.4. The Morgan fingerprint density at radius 2 is 1.90 bits per heavy atom. The Bertz CT molecular complexity index is 689. The van der Waals surface area contributed by atoms with Crippen LogP contribution in [0.5, 0.6) is 0 Å². The van der Waals surface area contributed by atoms with Crippen LogP contribution < -0.4 is 16.1 Å². The summed E-state index contributed by atoms with van der Waals surface area (Å²) in [5.41, 5.74) is -2.53. The monoisotopic (exact) mass is 300 g/mol. The lowest BCUT2D eigenvalue weighted by atomic mass is 10.4. The molecule has 1 aromatic rings. The van der Waals surface area contributed by atoms with Crippen LogP contribution in [0.1, 0.15) is 6.92 Å². The van der Waals surface area contributed by atoms with Crippen molar-refractivity contribution in [3.63, 3.8) is 0 Å². The molecule has 0 saturated carbocycles. The normalized spacial score (nSPS) is 10.3.